The summed E-state index contributed by atoms with van der Waals surface area (Å²) in [6, 6.07) is 22.1. The third-order valence-corrected chi connectivity index (χ3v) is 6.95. The lowest BCUT2D eigenvalue weighted by atomic mass is 9.94. The number of aliphatic hydroxyl groups is 2. The molecule has 4 unspecified atom stereocenters. The molecule has 2 N–H and O–H groups in total. The molecule has 2 aliphatic rings. The van der Waals surface area contributed by atoms with E-state index in [-0.39, 0.29) is 24.9 Å². The van der Waals surface area contributed by atoms with Gasteiger partial charge in [0.15, 0.2) is 0 Å². The van der Waals surface area contributed by atoms with Crippen molar-refractivity contribution in [2.75, 3.05) is 13.2 Å². The maximum absolute atomic E-state index is 10.2. The van der Waals surface area contributed by atoms with Gasteiger partial charge in [-0.1, -0.05) is 60.1 Å². The summed E-state index contributed by atoms with van der Waals surface area (Å²) in [5.41, 5.74) is 5.51. The van der Waals surface area contributed by atoms with Crippen molar-refractivity contribution < 1.29 is 24.4 Å². The molecule has 1 saturated heterocycles. The Balaban J connectivity index is 1.22. The summed E-state index contributed by atoms with van der Waals surface area (Å²) in [7, 11) is 0. The Hall–Kier alpha value is -2.41. The van der Waals surface area contributed by atoms with E-state index in [1.165, 1.54) is 11.1 Å². The zero-order valence-corrected chi connectivity index (χ0v) is 19.7. The second-order valence-corrected chi connectivity index (χ2v) is 9.44. The topological polar surface area (TPSA) is 68.2 Å². The fourth-order valence-corrected chi connectivity index (χ4v) is 4.93. The van der Waals surface area contributed by atoms with Crippen molar-refractivity contribution in [3.8, 4) is 5.75 Å². The van der Waals surface area contributed by atoms with E-state index in [0.717, 1.165) is 22.4 Å². The zero-order valence-electron chi connectivity index (χ0n) is 18.9. The first kappa shape index (κ1) is 23.3. The Bertz CT molecular complexity index is 1120. The number of halogens is 1. The molecule has 0 spiro atoms. The van der Waals surface area contributed by atoms with Crippen LogP contribution in [0.2, 0.25) is 5.02 Å². The SMILES string of the molecule is OCC1CC(O)CC(c2ccc(Cl)c(Cc3ccc(OCC4OCc5ccccc54)cc3)c2)O1. The minimum absolute atomic E-state index is 0.0385. The van der Waals surface area contributed by atoms with Crippen LogP contribution in [0.1, 0.15) is 52.9 Å². The Morgan fingerprint density at radius 3 is 2.65 bits per heavy atom. The van der Waals surface area contributed by atoms with Crippen LogP contribution in [0.3, 0.4) is 0 Å². The van der Waals surface area contributed by atoms with Crippen molar-refractivity contribution in [2.24, 2.45) is 0 Å². The Kier molecular flexibility index (Phi) is 7.18. The van der Waals surface area contributed by atoms with E-state index in [9.17, 15) is 10.2 Å². The molecule has 0 radical (unpaired) electrons. The fraction of sp³-hybridized carbons (Fsp3) is 0.357. The van der Waals surface area contributed by atoms with E-state index in [1.54, 1.807) is 0 Å². The first-order valence-electron chi connectivity index (χ1n) is 11.7. The van der Waals surface area contributed by atoms with Gasteiger partial charge in [-0.25, -0.2) is 0 Å². The highest BCUT2D eigenvalue weighted by molar-refractivity contribution is 6.31. The van der Waals surface area contributed by atoms with Crippen molar-refractivity contribution in [3.63, 3.8) is 0 Å². The highest BCUT2D eigenvalue weighted by Gasteiger charge is 2.29. The van der Waals surface area contributed by atoms with Gasteiger partial charge in [0.25, 0.3) is 0 Å². The molecular formula is C28H29ClO5. The molecular weight excluding hydrogens is 452 g/mol. The van der Waals surface area contributed by atoms with Crippen LogP contribution in [-0.2, 0) is 22.5 Å². The van der Waals surface area contributed by atoms with Gasteiger partial charge in [-0.2, -0.15) is 0 Å². The number of benzene rings is 3. The van der Waals surface area contributed by atoms with E-state index in [1.807, 2.05) is 54.6 Å². The first-order chi connectivity index (χ1) is 16.6. The van der Waals surface area contributed by atoms with Crippen LogP contribution in [0.25, 0.3) is 0 Å². The fourth-order valence-electron chi connectivity index (χ4n) is 4.75. The van der Waals surface area contributed by atoms with Gasteiger partial charge in [0.05, 0.1) is 31.5 Å². The number of rotatable bonds is 7. The molecule has 6 heteroatoms. The molecule has 2 aliphatic heterocycles. The highest BCUT2D eigenvalue weighted by atomic mass is 35.5. The smallest absolute Gasteiger partial charge is 0.119 e. The lowest BCUT2D eigenvalue weighted by Crippen LogP contribution is -2.33. The Labute approximate surface area is 204 Å². The lowest BCUT2D eigenvalue weighted by Gasteiger charge is -2.32. The second kappa shape index (κ2) is 10.5. The molecule has 0 aliphatic carbocycles. The summed E-state index contributed by atoms with van der Waals surface area (Å²) in [5.74, 6) is 0.802. The number of fused-ring (bicyclic) bond motifs is 1. The molecule has 34 heavy (non-hydrogen) atoms. The molecule has 1 fully saturated rings. The van der Waals surface area contributed by atoms with E-state index >= 15 is 0 Å². The molecule has 178 valence electrons. The molecule has 0 saturated carbocycles. The van der Waals surface area contributed by atoms with Crippen LogP contribution in [0.4, 0.5) is 0 Å². The molecule has 0 aromatic heterocycles. The predicted octanol–water partition coefficient (Wildman–Crippen LogP) is 5.15. The summed E-state index contributed by atoms with van der Waals surface area (Å²) in [6.07, 6.45) is 0.526. The molecule has 0 amide bonds. The normalized spacial score (nSPS) is 24.1. The van der Waals surface area contributed by atoms with Crippen molar-refractivity contribution in [2.45, 2.75) is 50.3 Å². The van der Waals surface area contributed by atoms with E-state index in [4.69, 9.17) is 25.8 Å². The third-order valence-electron chi connectivity index (χ3n) is 6.58. The summed E-state index contributed by atoms with van der Waals surface area (Å²) in [6.45, 7) is 1.02. The minimum Gasteiger partial charge on any atom is -0.491 e. The number of hydrogen-bond donors (Lipinski definition) is 2. The molecule has 5 rings (SSSR count). The minimum atomic E-state index is -0.481. The van der Waals surface area contributed by atoms with Crippen LogP contribution >= 0.6 is 11.6 Å². The summed E-state index contributed by atoms with van der Waals surface area (Å²) >= 11 is 6.50. The monoisotopic (exact) mass is 480 g/mol. The molecule has 3 aromatic rings. The van der Waals surface area contributed by atoms with Gasteiger partial charge in [0.2, 0.25) is 0 Å². The maximum Gasteiger partial charge on any atom is 0.119 e. The van der Waals surface area contributed by atoms with Crippen LogP contribution in [-0.4, -0.2) is 35.6 Å². The Morgan fingerprint density at radius 1 is 1.00 bits per heavy atom. The van der Waals surface area contributed by atoms with Gasteiger partial charge >= 0.3 is 0 Å². The van der Waals surface area contributed by atoms with E-state index < -0.39 is 6.10 Å². The van der Waals surface area contributed by atoms with Crippen LogP contribution in [0, 0.1) is 0 Å². The van der Waals surface area contributed by atoms with Gasteiger partial charge in [-0.05, 0) is 52.4 Å². The average molecular weight is 481 g/mol. The summed E-state index contributed by atoms with van der Waals surface area (Å²) in [4.78, 5) is 0. The van der Waals surface area contributed by atoms with Crippen LogP contribution in [0.5, 0.6) is 5.75 Å². The molecule has 0 bridgehead atoms. The van der Waals surface area contributed by atoms with Gasteiger partial charge in [-0.3, -0.25) is 0 Å². The molecule has 2 heterocycles. The molecule has 3 aromatic carbocycles. The summed E-state index contributed by atoms with van der Waals surface area (Å²) in [5, 5.41) is 20.3. The van der Waals surface area contributed by atoms with Crippen molar-refractivity contribution >= 4 is 11.6 Å². The Morgan fingerprint density at radius 2 is 1.82 bits per heavy atom. The quantitative estimate of drug-likeness (QED) is 0.489. The lowest BCUT2D eigenvalue weighted by molar-refractivity contribution is -0.113. The van der Waals surface area contributed by atoms with Gasteiger partial charge < -0.3 is 24.4 Å². The van der Waals surface area contributed by atoms with Crippen molar-refractivity contribution in [3.05, 3.63) is 99.6 Å². The highest BCUT2D eigenvalue weighted by Crippen LogP contribution is 2.34. The standard InChI is InChI=1S/C28H29ClO5/c29-26-10-7-19(27-14-22(31)13-24(15-30)34-27)12-21(26)11-18-5-8-23(9-6-18)32-17-28-25-4-2-1-3-20(25)16-33-28/h1-10,12,22,24,27-28,30-31H,11,13-17H2. The van der Waals surface area contributed by atoms with E-state index in [2.05, 4.69) is 12.1 Å². The van der Waals surface area contributed by atoms with Crippen LogP contribution in [0.15, 0.2) is 66.7 Å². The molecule has 4 atom stereocenters. The number of hydrogen-bond acceptors (Lipinski definition) is 5. The predicted molar refractivity (Wildman–Crippen MR) is 130 cm³/mol. The van der Waals surface area contributed by atoms with Crippen molar-refractivity contribution in [1.29, 1.82) is 0 Å². The third kappa shape index (κ3) is 5.29. The van der Waals surface area contributed by atoms with Gasteiger partial charge in [0, 0.05) is 17.9 Å². The largest absolute Gasteiger partial charge is 0.491 e. The average Bonchev–Trinajstić information content (AvgIpc) is 3.27. The second-order valence-electron chi connectivity index (χ2n) is 9.04. The number of aliphatic hydroxyl groups excluding tert-OH is 2. The number of ether oxygens (including phenoxy) is 3. The van der Waals surface area contributed by atoms with Gasteiger partial charge in [0.1, 0.15) is 18.5 Å². The van der Waals surface area contributed by atoms with Crippen molar-refractivity contribution in [1.82, 2.24) is 0 Å². The van der Waals surface area contributed by atoms with Gasteiger partial charge in [-0.15, -0.1) is 0 Å². The first-order valence-corrected chi connectivity index (χ1v) is 12.1. The summed E-state index contributed by atoms with van der Waals surface area (Å²) < 4.78 is 17.8. The molecule has 5 nitrogen and oxygen atoms in total. The van der Waals surface area contributed by atoms with E-state index in [0.29, 0.717) is 37.5 Å². The maximum atomic E-state index is 10.2. The zero-order chi connectivity index (χ0) is 23.5. The van der Waals surface area contributed by atoms with Crippen LogP contribution < -0.4 is 4.74 Å².